The fourth-order valence-corrected chi connectivity index (χ4v) is 2.88. The van der Waals surface area contributed by atoms with E-state index in [0.717, 1.165) is 18.2 Å². The largest absolute Gasteiger partial charge is 0.382 e. The Hall–Kier alpha value is -2.71. The molecule has 2 aliphatic rings. The molecule has 1 aromatic rings. The van der Waals surface area contributed by atoms with Crippen LogP contribution in [0.2, 0.25) is 0 Å². The zero-order valence-corrected chi connectivity index (χ0v) is 13.7. The van der Waals surface area contributed by atoms with E-state index in [1.54, 1.807) is 16.8 Å². The van der Waals surface area contributed by atoms with E-state index in [1.165, 1.54) is 0 Å². The molecular formula is C16H18F2N4O3. The molecule has 0 unspecified atom stereocenters. The number of oxime groups is 1. The zero-order chi connectivity index (χ0) is 18.0. The molecule has 2 heterocycles. The van der Waals surface area contributed by atoms with Gasteiger partial charge in [-0.2, -0.15) is 0 Å². The van der Waals surface area contributed by atoms with Crippen LogP contribution >= 0.6 is 0 Å². The second-order valence-electron chi connectivity index (χ2n) is 5.83. The monoisotopic (exact) mass is 352 g/mol. The van der Waals surface area contributed by atoms with Crippen molar-refractivity contribution >= 4 is 17.6 Å². The maximum Gasteiger partial charge on any atom is 0.317 e. The smallest absolute Gasteiger partial charge is 0.317 e. The number of nitrogens with zero attached hydrogens (tertiary/aromatic N) is 3. The SMILES string of the molecule is CNC(=O)N1CCN(C(=O)[C@H]2CC(c3cc(F)ccc3F)=NO2)CC1. The molecule has 7 nitrogen and oxygen atoms in total. The van der Waals surface area contributed by atoms with Crippen molar-refractivity contribution in [3.05, 3.63) is 35.4 Å². The summed E-state index contributed by atoms with van der Waals surface area (Å²) in [5, 5.41) is 6.29. The Balaban J connectivity index is 1.59. The molecule has 0 radical (unpaired) electrons. The molecule has 1 fully saturated rings. The van der Waals surface area contributed by atoms with E-state index >= 15 is 0 Å². The van der Waals surface area contributed by atoms with Crippen molar-refractivity contribution in [3.8, 4) is 0 Å². The third kappa shape index (κ3) is 3.54. The summed E-state index contributed by atoms with van der Waals surface area (Å²) in [6, 6.07) is 2.88. The number of amides is 3. The third-order valence-corrected chi connectivity index (χ3v) is 4.28. The highest BCUT2D eigenvalue weighted by Gasteiger charge is 2.35. The van der Waals surface area contributed by atoms with E-state index in [2.05, 4.69) is 10.5 Å². The Bertz CT molecular complexity index is 717. The lowest BCUT2D eigenvalue weighted by Crippen LogP contribution is -2.54. The summed E-state index contributed by atoms with van der Waals surface area (Å²) in [6.07, 6.45) is -0.779. The quantitative estimate of drug-likeness (QED) is 0.861. The van der Waals surface area contributed by atoms with E-state index in [1.807, 2.05) is 0 Å². The second-order valence-corrected chi connectivity index (χ2v) is 5.83. The molecule has 3 rings (SSSR count). The molecule has 3 amide bonds. The van der Waals surface area contributed by atoms with E-state index in [4.69, 9.17) is 4.84 Å². The van der Waals surface area contributed by atoms with Crippen LogP contribution in [-0.2, 0) is 9.63 Å². The molecule has 0 aliphatic carbocycles. The molecule has 1 saturated heterocycles. The molecule has 0 saturated carbocycles. The average molecular weight is 352 g/mol. The lowest BCUT2D eigenvalue weighted by atomic mass is 10.0. The van der Waals surface area contributed by atoms with Gasteiger partial charge in [-0.05, 0) is 18.2 Å². The van der Waals surface area contributed by atoms with Crippen LogP contribution in [0.25, 0.3) is 0 Å². The van der Waals surface area contributed by atoms with Gasteiger partial charge in [0, 0.05) is 45.2 Å². The molecule has 2 aliphatic heterocycles. The van der Waals surface area contributed by atoms with Crippen LogP contribution in [0.15, 0.2) is 23.4 Å². The number of piperazine rings is 1. The number of hydrogen-bond donors (Lipinski definition) is 1. The first-order valence-corrected chi connectivity index (χ1v) is 7.93. The minimum atomic E-state index is -0.857. The van der Waals surface area contributed by atoms with Crippen LogP contribution < -0.4 is 5.32 Å². The second kappa shape index (κ2) is 7.04. The Labute approximate surface area is 143 Å². The van der Waals surface area contributed by atoms with Crippen molar-refractivity contribution in [1.82, 2.24) is 15.1 Å². The standard InChI is InChI=1S/C16H18F2N4O3/c1-19-16(24)22-6-4-21(5-7-22)15(23)14-9-13(20-25-14)11-8-10(17)2-3-12(11)18/h2-3,8,14H,4-7,9H2,1H3,(H,19,24)/t14-/m1/s1. The predicted molar refractivity (Wildman–Crippen MR) is 85.0 cm³/mol. The average Bonchev–Trinajstić information content (AvgIpc) is 3.12. The third-order valence-electron chi connectivity index (χ3n) is 4.28. The first-order valence-electron chi connectivity index (χ1n) is 7.93. The predicted octanol–water partition coefficient (Wildman–Crippen LogP) is 0.941. The summed E-state index contributed by atoms with van der Waals surface area (Å²) in [6.45, 7) is 1.61. The van der Waals surface area contributed by atoms with Crippen LogP contribution in [0.4, 0.5) is 13.6 Å². The topological polar surface area (TPSA) is 74.2 Å². The lowest BCUT2D eigenvalue weighted by Gasteiger charge is -2.35. The van der Waals surface area contributed by atoms with Gasteiger partial charge in [0.15, 0.2) is 0 Å². The highest BCUT2D eigenvalue weighted by atomic mass is 19.1. The highest BCUT2D eigenvalue weighted by molar-refractivity contribution is 6.04. The summed E-state index contributed by atoms with van der Waals surface area (Å²) in [5.74, 6) is -1.47. The normalized spacial score (nSPS) is 20.1. The number of halogens is 2. The van der Waals surface area contributed by atoms with Gasteiger partial charge in [0.1, 0.15) is 11.6 Å². The van der Waals surface area contributed by atoms with E-state index in [0.29, 0.717) is 26.2 Å². The van der Waals surface area contributed by atoms with Crippen LogP contribution in [0.3, 0.4) is 0 Å². The molecule has 0 aromatic heterocycles. The number of urea groups is 1. The molecule has 1 N–H and O–H groups in total. The molecule has 25 heavy (non-hydrogen) atoms. The fraction of sp³-hybridized carbons (Fsp3) is 0.438. The van der Waals surface area contributed by atoms with Crippen molar-refractivity contribution in [3.63, 3.8) is 0 Å². The fourth-order valence-electron chi connectivity index (χ4n) is 2.88. The summed E-state index contributed by atoms with van der Waals surface area (Å²) >= 11 is 0. The van der Waals surface area contributed by atoms with Crippen molar-refractivity contribution in [1.29, 1.82) is 0 Å². The molecule has 0 bridgehead atoms. The molecular weight excluding hydrogens is 334 g/mol. The first-order chi connectivity index (χ1) is 12.0. The maximum absolute atomic E-state index is 13.8. The summed E-state index contributed by atoms with van der Waals surface area (Å²) in [7, 11) is 1.55. The maximum atomic E-state index is 13.8. The van der Waals surface area contributed by atoms with Gasteiger partial charge < -0.3 is 20.0 Å². The Morgan fingerprint density at radius 1 is 1.20 bits per heavy atom. The zero-order valence-electron chi connectivity index (χ0n) is 13.7. The highest BCUT2D eigenvalue weighted by Crippen LogP contribution is 2.21. The summed E-state index contributed by atoms with van der Waals surface area (Å²) in [4.78, 5) is 32.4. The van der Waals surface area contributed by atoms with Gasteiger partial charge in [-0.15, -0.1) is 0 Å². The molecule has 0 spiro atoms. The molecule has 9 heteroatoms. The number of rotatable bonds is 2. The van der Waals surface area contributed by atoms with Gasteiger partial charge in [-0.1, -0.05) is 5.16 Å². The van der Waals surface area contributed by atoms with Gasteiger partial charge in [0.2, 0.25) is 6.10 Å². The number of hydrogen-bond acceptors (Lipinski definition) is 4. The first kappa shape index (κ1) is 17.1. The van der Waals surface area contributed by atoms with Crippen LogP contribution in [0.5, 0.6) is 0 Å². The molecule has 1 atom stereocenters. The van der Waals surface area contributed by atoms with Gasteiger partial charge in [0.25, 0.3) is 5.91 Å². The van der Waals surface area contributed by atoms with Crippen molar-refractivity contribution in [2.75, 3.05) is 33.2 Å². The van der Waals surface area contributed by atoms with Gasteiger partial charge >= 0.3 is 6.03 Å². The summed E-state index contributed by atoms with van der Waals surface area (Å²) in [5.41, 5.74) is 0.207. The number of carbonyl (C=O) groups is 2. The van der Waals surface area contributed by atoms with Crippen LogP contribution in [0.1, 0.15) is 12.0 Å². The lowest BCUT2D eigenvalue weighted by molar-refractivity contribution is -0.143. The van der Waals surface area contributed by atoms with Crippen molar-refractivity contribution in [2.45, 2.75) is 12.5 Å². The number of nitrogens with one attached hydrogen (secondary N) is 1. The van der Waals surface area contributed by atoms with Crippen molar-refractivity contribution < 1.29 is 23.2 Å². The van der Waals surface area contributed by atoms with Gasteiger partial charge in [-0.3, -0.25) is 4.79 Å². The van der Waals surface area contributed by atoms with Crippen molar-refractivity contribution in [2.24, 2.45) is 5.16 Å². The van der Waals surface area contributed by atoms with Crippen LogP contribution in [-0.4, -0.2) is 66.8 Å². The number of carbonyl (C=O) groups excluding carboxylic acids is 2. The molecule has 1 aromatic carbocycles. The Morgan fingerprint density at radius 2 is 1.88 bits per heavy atom. The number of benzene rings is 1. The van der Waals surface area contributed by atoms with E-state index < -0.39 is 17.7 Å². The van der Waals surface area contributed by atoms with E-state index in [-0.39, 0.29) is 29.6 Å². The van der Waals surface area contributed by atoms with Gasteiger partial charge in [0.05, 0.1) is 5.71 Å². The Kier molecular flexibility index (Phi) is 4.82. The minimum Gasteiger partial charge on any atom is -0.382 e. The summed E-state index contributed by atoms with van der Waals surface area (Å²) < 4.78 is 27.1. The van der Waals surface area contributed by atoms with E-state index in [9.17, 15) is 18.4 Å². The van der Waals surface area contributed by atoms with Gasteiger partial charge in [-0.25, -0.2) is 13.6 Å². The molecule has 134 valence electrons. The van der Waals surface area contributed by atoms with Crippen LogP contribution in [0, 0.1) is 11.6 Å². The minimum absolute atomic E-state index is 0.000244. The Morgan fingerprint density at radius 3 is 2.56 bits per heavy atom.